The number of anilines is 2. The fourth-order valence-corrected chi connectivity index (χ4v) is 4.35. The lowest BCUT2D eigenvalue weighted by atomic mass is 10.1. The number of sulfonamides is 1. The third-order valence-corrected chi connectivity index (χ3v) is 6.51. The summed E-state index contributed by atoms with van der Waals surface area (Å²) in [5, 5.41) is 2.78. The van der Waals surface area contributed by atoms with Crippen LogP contribution in [0, 0.1) is 0 Å². The molecule has 0 fully saturated rings. The zero-order valence-corrected chi connectivity index (χ0v) is 17.8. The molecule has 0 aromatic heterocycles. The number of thioether (sulfide) groups is 1. The van der Waals surface area contributed by atoms with Crippen LogP contribution in [0.25, 0.3) is 0 Å². The van der Waals surface area contributed by atoms with Crippen molar-refractivity contribution in [2.24, 2.45) is 0 Å². The maximum atomic E-state index is 12.3. The van der Waals surface area contributed by atoms with Crippen LogP contribution < -0.4 is 10.0 Å². The van der Waals surface area contributed by atoms with Gasteiger partial charge in [0.05, 0.1) is 10.6 Å². The van der Waals surface area contributed by atoms with E-state index < -0.39 is 10.0 Å². The second kappa shape index (κ2) is 9.60. The molecule has 0 bridgehead atoms. The molecule has 30 heavy (non-hydrogen) atoms. The quantitative estimate of drug-likeness (QED) is 0.400. The molecule has 3 rings (SSSR count). The van der Waals surface area contributed by atoms with Gasteiger partial charge < -0.3 is 5.32 Å². The summed E-state index contributed by atoms with van der Waals surface area (Å²) in [4.78, 5) is 24.4. The van der Waals surface area contributed by atoms with Gasteiger partial charge in [0.15, 0.2) is 5.78 Å². The Morgan fingerprint density at radius 3 is 2.03 bits per heavy atom. The normalized spacial score (nSPS) is 11.0. The van der Waals surface area contributed by atoms with E-state index in [9.17, 15) is 18.0 Å². The third-order valence-electron chi connectivity index (χ3n) is 4.11. The number of rotatable bonds is 8. The highest BCUT2D eigenvalue weighted by molar-refractivity contribution is 8.00. The fourth-order valence-electron chi connectivity index (χ4n) is 2.57. The van der Waals surface area contributed by atoms with E-state index in [4.69, 9.17) is 0 Å². The van der Waals surface area contributed by atoms with Gasteiger partial charge in [0.25, 0.3) is 10.0 Å². The lowest BCUT2D eigenvalue weighted by molar-refractivity contribution is -0.113. The number of Topliss-reactive ketones (excluding diaryl/α,β-unsaturated/α-hetero) is 1. The molecule has 0 atom stereocenters. The van der Waals surface area contributed by atoms with Gasteiger partial charge in [-0.3, -0.25) is 14.3 Å². The van der Waals surface area contributed by atoms with Crippen molar-refractivity contribution in [3.05, 3.63) is 84.4 Å². The number of hydrogen-bond donors (Lipinski definition) is 2. The highest BCUT2D eigenvalue weighted by Gasteiger charge is 2.13. The first-order valence-electron chi connectivity index (χ1n) is 9.05. The maximum absolute atomic E-state index is 12.3. The smallest absolute Gasteiger partial charge is 0.261 e. The number of benzene rings is 3. The van der Waals surface area contributed by atoms with Crippen molar-refractivity contribution in [1.29, 1.82) is 0 Å². The monoisotopic (exact) mass is 440 g/mol. The Hall–Kier alpha value is -3.10. The lowest BCUT2D eigenvalue weighted by Crippen LogP contribution is -2.14. The van der Waals surface area contributed by atoms with Crippen LogP contribution >= 0.6 is 11.8 Å². The molecule has 0 radical (unpaired) electrons. The van der Waals surface area contributed by atoms with Gasteiger partial charge in [-0.1, -0.05) is 18.2 Å². The number of carbonyl (C=O) groups excluding carboxylic acids is 2. The largest absolute Gasteiger partial charge is 0.325 e. The Kier molecular flexibility index (Phi) is 6.91. The summed E-state index contributed by atoms with van der Waals surface area (Å²) in [6, 6.07) is 21.7. The molecule has 0 aliphatic carbocycles. The van der Waals surface area contributed by atoms with Crippen LogP contribution in [0.1, 0.15) is 17.3 Å². The minimum atomic E-state index is -3.64. The molecule has 0 unspecified atom stereocenters. The number of ketones is 1. The standard InChI is InChI=1S/C22H20N2O4S2/c1-16(25)17-7-9-18(10-8-17)23-22(26)15-29-20-13-11-19(12-14-20)24-30(27,28)21-5-3-2-4-6-21/h2-14,24H,15H2,1H3,(H,23,26). The van der Waals surface area contributed by atoms with Crippen molar-refractivity contribution in [2.75, 3.05) is 15.8 Å². The Bertz CT molecular complexity index is 1130. The number of amides is 1. The van der Waals surface area contributed by atoms with Gasteiger partial charge in [-0.2, -0.15) is 0 Å². The predicted molar refractivity (Wildman–Crippen MR) is 119 cm³/mol. The van der Waals surface area contributed by atoms with Crippen LogP contribution in [0.2, 0.25) is 0 Å². The number of carbonyl (C=O) groups is 2. The highest BCUT2D eigenvalue weighted by Crippen LogP contribution is 2.22. The highest BCUT2D eigenvalue weighted by atomic mass is 32.2. The minimum Gasteiger partial charge on any atom is -0.325 e. The average molecular weight is 441 g/mol. The van der Waals surface area contributed by atoms with Gasteiger partial charge in [0.1, 0.15) is 0 Å². The average Bonchev–Trinajstić information content (AvgIpc) is 2.74. The van der Waals surface area contributed by atoms with Gasteiger partial charge >= 0.3 is 0 Å². The van der Waals surface area contributed by atoms with Crippen LogP contribution in [0.4, 0.5) is 11.4 Å². The van der Waals surface area contributed by atoms with Crippen molar-refractivity contribution in [3.8, 4) is 0 Å². The third kappa shape index (κ3) is 5.95. The topological polar surface area (TPSA) is 92.3 Å². The zero-order valence-electron chi connectivity index (χ0n) is 16.2. The summed E-state index contributed by atoms with van der Waals surface area (Å²) in [6.07, 6.45) is 0. The Labute approximate surface area is 179 Å². The molecular formula is C22H20N2O4S2. The molecular weight excluding hydrogens is 420 g/mol. The fraction of sp³-hybridized carbons (Fsp3) is 0.0909. The summed E-state index contributed by atoms with van der Waals surface area (Å²) in [6.45, 7) is 1.49. The van der Waals surface area contributed by atoms with Gasteiger partial charge in [-0.25, -0.2) is 8.42 Å². The molecule has 0 aliphatic heterocycles. The first-order valence-corrected chi connectivity index (χ1v) is 11.5. The molecule has 0 heterocycles. The van der Waals surface area contributed by atoms with Crippen molar-refractivity contribution >= 4 is 44.9 Å². The molecule has 3 aromatic rings. The predicted octanol–water partition coefficient (Wildman–Crippen LogP) is 4.42. The number of hydrogen-bond acceptors (Lipinski definition) is 5. The van der Waals surface area contributed by atoms with Crippen molar-refractivity contribution in [1.82, 2.24) is 0 Å². The molecule has 154 valence electrons. The SMILES string of the molecule is CC(=O)c1ccc(NC(=O)CSc2ccc(NS(=O)(=O)c3ccccc3)cc2)cc1. The van der Waals surface area contributed by atoms with E-state index in [-0.39, 0.29) is 22.3 Å². The summed E-state index contributed by atoms with van der Waals surface area (Å²) < 4.78 is 27.2. The molecule has 1 amide bonds. The van der Waals surface area contributed by atoms with Crippen LogP contribution in [-0.2, 0) is 14.8 Å². The molecule has 6 nitrogen and oxygen atoms in total. The summed E-state index contributed by atoms with van der Waals surface area (Å²) >= 11 is 1.34. The molecule has 0 spiro atoms. The van der Waals surface area contributed by atoms with Crippen molar-refractivity contribution < 1.29 is 18.0 Å². The maximum Gasteiger partial charge on any atom is 0.261 e. The summed E-state index contributed by atoms with van der Waals surface area (Å²) in [5.74, 6) is -0.00817. The summed E-state index contributed by atoms with van der Waals surface area (Å²) in [7, 11) is -3.64. The first-order chi connectivity index (χ1) is 14.3. The number of nitrogens with one attached hydrogen (secondary N) is 2. The second-order valence-electron chi connectivity index (χ2n) is 6.41. The summed E-state index contributed by atoms with van der Waals surface area (Å²) in [5.41, 5.74) is 1.65. The molecule has 8 heteroatoms. The van der Waals surface area contributed by atoms with Gasteiger partial charge in [0.2, 0.25) is 5.91 Å². The van der Waals surface area contributed by atoms with E-state index in [0.29, 0.717) is 16.9 Å². The molecule has 0 aliphatic rings. The van der Waals surface area contributed by atoms with E-state index in [2.05, 4.69) is 10.0 Å². The lowest BCUT2D eigenvalue weighted by Gasteiger charge is -2.09. The van der Waals surface area contributed by atoms with Crippen LogP contribution in [0.5, 0.6) is 0 Å². The van der Waals surface area contributed by atoms with E-state index in [1.165, 1.54) is 30.8 Å². The second-order valence-corrected chi connectivity index (χ2v) is 9.14. The van der Waals surface area contributed by atoms with Crippen LogP contribution in [0.3, 0.4) is 0 Å². The van der Waals surface area contributed by atoms with Crippen molar-refractivity contribution in [3.63, 3.8) is 0 Å². The van der Waals surface area contributed by atoms with Gasteiger partial charge in [-0.15, -0.1) is 11.8 Å². The zero-order chi connectivity index (χ0) is 21.6. The van der Waals surface area contributed by atoms with Gasteiger partial charge in [0, 0.05) is 21.8 Å². The Morgan fingerprint density at radius 1 is 0.833 bits per heavy atom. The Balaban J connectivity index is 1.53. The van der Waals surface area contributed by atoms with Crippen molar-refractivity contribution in [2.45, 2.75) is 16.7 Å². The van der Waals surface area contributed by atoms with E-state index in [1.54, 1.807) is 66.7 Å². The first kappa shape index (κ1) is 21.6. The molecule has 0 saturated heterocycles. The van der Waals surface area contributed by atoms with Crippen LogP contribution in [0.15, 0.2) is 88.7 Å². The van der Waals surface area contributed by atoms with E-state index in [0.717, 1.165) is 4.90 Å². The van der Waals surface area contributed by atoms with E-state index >= 15 is 0 Å². The van der Waals surface area contributed by atoms with Crippen LogP contribution in [-0.4, -0.2) is 25.9 Å². The molecule has 3 aromatic carbocycles. The molecule has 2 N–H and O–H groups in total. The van der Waals surface area contributed by atoms with Gasteiger partial charge in [-0.05, 0) is 67.6 Å². The molecule has 0 saturated carbocycles. The Morgan fingerprint density at radius 2 is 1.43 bits per heavy atom. The van der Waals surface area contributed by atoms with E-state index in [1.807, 2.05) is 0 Å². The minimum absolute atomic E-state index is 0.0297.